The number of hydrogen-bond acceptors (Lipinski definition) is 4. The van der Waals surface area contributed by atoms with Crippen molar-refractivity contribution in [2.75, 3.05) is 26.2 Å². The highest BCUT2D eigenvalue weighted by Crippen LogP contribution is 2.37. The van der Waals surface area contributed by atoms with E-state index in [-0.39, 0.29) is 0 Å². The van der Waals surface area contributed by atoms with Gasteiger partial charge in [0.2, 0.25) is 0 Å². The first-order valence-electron chi connectivity index (χ1n) is 6.85. The minimum absolute atomic E-state index is 0.427. The summed E-state index contributed by atoms with van der Waals surface area (Å²) in [4.78, 5) is 14.8. The van der Waals surface area contributed by atoms with Crippen LogP contribution in [0.1, 0.15) is 24.6 Å². The van der Waals surface area contributed by atoms with Crippen molar-refractivity contribution in [3.8, 4) is 0 Å². The minimum Gasteiger partial charge on any atom is -0.465 e. The van der Waals surface area contributed by atoms with E-state index in [1.54, 1.807) is 0 Å². The average Bonchev–Trinajstić information content (AvgIpc) is 2.70. The maximum absolute atomic E-state index is 10.9. The smallest absolute Gasteiger partial charge is 0.407 e. The number of aromatic nitrogens is 3. The molecule has 0 radical (unpaired) electrons. The van der Waals surface area contributed by atoms with Crippen LogP contribution in [-0.2, 0) is 0 Å². The fourth-order valence-corrected chi connectivity index (χ4v) is 3.26. The van der Waals surface area contributed by atoms with E-state index in [0.29, 0.717) is 25.2 Å². The van der Waals surface area contributed by atoms with Gasteiger partial charge in [-0.05, 0) is 35.7 Å². The lowest BCUT2D eigenvalue weighted by Crippen LogP contribution is -2.55. The van der Waals surface area contributed by atoms with Crippen molar-refractivity contribution in [1.29, 1.82) is 0 Å². The van der Waals surface area contributed by atoms with Gasteiger partial charge in [0.15, 0.2) is 4.60 Å². The zero-order valence-electron chi connectivity index (χ0n) is 11.4. The molecule has 0 bridgehead atoms. The summed E-state index contributed by atoms with van der Waals surface area (Å²) in [6.45, 7) is 4.92. The van der Waals surface area contributed by atoms with Crippen molar-refractivity contribution in [2.45, 2.75) is 31.8 Å². The Bertz CT molecular complexity index is 506. The molecule has 0 unspecified atom stereocenters. The number of rotatable bonds is 2. The van der Waals surface area contributed by atoms with Crippen molar-refractivity contribution in [1.82, 2.24) is 24.8 Å². The fraction of sp³-hybridized carbons (Fsp3) is 0.750. The van der Waals surface area contributed by atoms with Crippen LogP contribution < -0.4 is 0 Å². The zero-order chi connectivity index (χ0) is 14.3. The third-order valence-electron chi connectivity index (χ3n) is 4.41. The molecule has 1 aliphatic carbocycles. The van der Waals surface area contributed by atoms with Crippen molar-refractivity contribution < 1.29 is 9.90 Å². The van der Waals surface area contributed by atoms with Crippen LogP contribution in [0, 0.1) is 6.92 Å². The highest BCUT2D eigenvalue weighted by molar-refractivity contribution is 9.10. The van der Waals surface area contributed by atoms with E-state index >= 15 is 0 Å². The van der Waals surface area contributed by atoms with Gasteiger partial charge in [0.05, 0.1) is 11.7 Å². The molecule has 2 fully saturated rings. The summed E-state index contributed by atoms with van der Waals surface area (Å²) in [6, 6.07) is 0.981. The zero-order valence-corrected chi connectivity index (χ0v) is 13.0. The number of amides is 1. The Hall–Kier alpha value is -1.15. The Kier molecular flexibility index (Phi) is 3.68. The first-order chi connectivity index (χ1) is 9.56. The number of hydrogen-bond donors (Lipinski definition) is 1. The first kappa shape index (κ1) is 13.8. The Morgan fingerprint density at radius 1 is 1.25 bits per heavy atom. The number of halogens is 1. The molecule has 8 heteroatoms. The normalized spacial score (nSPS) is 27.4. The van der Waals surface area contributed by atoms with Crippen LogP contribution in [-0.4, -0.2) is 68.2 Å². The Morgan fingerprint density at radius 2 is 1.90 bits per heavy atom. The predicted octanol–water partition coefficient (Wildman–Crippen LogP) is 1.35. The van der Waals surface area contributed by atoms with Crippen LogP contribution in [0.3, 0.4) is 0 Å². The molecule has 110 valence electrons. The van der Waals surface area contributed by atoms with Crippen LogP contribution in [0.5, 0.6) is 0 Å². The second kappa shape index (κ2) is 5.33. The first-order valence-corrected chi connectivity index (χ1v) is 7.64. The molecule has 2 aliphatic rings. The fourth-order valence-electron chi connectivity index (χ4n) is 3.00. The van der Waals surface area contributed by atoms with E-state index in [9.17, 15) is 4.79 Å². The molecule has 1 saturated carbocycles. The molecule has 3 rings (SSSR count). The summed E-state index contributed by atoms with van der Waals surface area (Å²) in [7, 11) is 0. The third-order valence-corrected chi connectivity index (χ3v) is 5.14. The molecule has 0 atom stereocenters. The minimum atomic E-state index is -0.806. The van der Waals surface area contributed by atoms with Crippen molar-refractivity contribution >= 4 is 22.0 Å². The van der Waals surface area contributed by atoms with Gasteiger partial charge in [-0.15, -0.1) is 5.10 Å². The third kappa shape index (κ3) is 2.42. The number of carbonyl (C=O) groups is 1. The van der Waals surface area contributed by atoms with E-state index < -0.39 is 6.09 Å². The molecule has 1 N–H and O–H groups in total. The maximum Gasteiger partial charge on any atom is 0.407 e. The van der Waals surface area contributed by atoms with Gasteiger partial charge >= 0.3 is 6.09 Å². The van der Waals surface area contributed by atoms with Gasteiger partial charge in [0.1, 0.15) is 0 Å². The summed E-state index contributed by atoms with van der Waals surface area (Å²) in [5, 5.41) is 17.1. The monoisotopic (exact) mass is 343 g/mol. The summed E-state index contributed by atoms with van der Waals surface area (Å²) in [5.41, 5.74) is 1.07. The van der Waals surface area contributed by atoms with E-state index in [0.717, 1.165) is 36.2 Å². The van der Waals surface area contributed by atoms with E-state index in [1.807, 2.05) is 11.6 Å². The molecule has 2 heterocycles. The lowest BCUT2D eigenvalue weighted by molar-refractivity contribution is 0.0338. The number of nitrogens with zero attached hydrogens (tertiary/aromatic N) is 5. The molecule has 1 amide bonds. The standard InChI is InChI=1S/C12H18BrN5O2/c1-8-11(13)14-15-18(8)10-6-9(7-10)16-2-4-17(5-3-16)12(19)20/h9-10H,2-7H2,1H3,(H,19,20). The molecule has 7 nitrogen and oxygen atoms in total. The van der Waals surface area contributed by atoms with Crippen LogP contribution >= 0.6 is 15.9 Å². The number of carboxylic acid groups (broad SMARTS) is 1. The Balaban J connectivity index is 1.51. The molecule has 20 heavy (non-hydrogen) atoms. The van der Waals surface area contributed by atoms with Gasteiger partial charge in [0, 0.05) is 32.2 Å². The van der Waals surface area contributed by atoms with Crippen LogP contribution in [0.2, 0.25) is 0 Å². The number of piperazine rings is 1. The highest BCUT2D eigenvalue weighted by Gasteiger charge is 2.37. The molecule has 1 aromatic rings. The van der Waals surface area contributed by atoms with Gasteiger partial charge < -0.3 is 10.0 Å². The highest BCUT2D eigenvalue weighted by atomic mass is 79.9. The SMILES string of the molecule is Cc1c(Br)nnn1C1CC(N2CCN(C(=O)O)CC2)C1. The van der Waals surface area contributed by atoms with Crippen LogP contribution in [0.25, 0.3) is 0 Å². The lowest BCUT2D eigenvalue weighted by atomic mass is 9.85. The molecular formula is C12H18BrN5O2. The van der Waals surface area contributed by atoms with Crippen LogP contribution in [0.4, 0.5) is 4.79 Å². The Morgan fingerprint density at radius 3 is 2.40 bits per heavy atom. The summed E-state index contributed by atoms with van der Waals surface area (Å²) in [5.74, 6) is 0. The van der Waals surface area contributed by atoms with Crippen LogP contribution in [0.15, 0.2) is 4.60 Å². The Labute approximate surface area is 125 Å². The quantitative estimate of drug-likeness (QED) is 0.877. The van der Waals surface area contributed by atoms with E-state index in [1.165, 1.54) is 4.90 Å². The molecule has 0 aromatic carbocycles. The van der Waals surface area contributed by atoms with Crippen molar-refractivity contribution in [3.63, 3.8) is 0 Å². The predicted molar refractivity (Wildman–Crippen MR) is 75.7 cm³/mol. The lowest BCUT2D eigenvalue weighted by Gasteiger charge is -2.46. The summed E-state index contributed by atoms with van der Waals surface area (Å²) < 4.78 is 2.81. The van der Waals surface area contributed by atoms with Crippen molar-refractivity contribution in [2.24, 2.45) is 0 Å². The maximum atomic E-state index is 10.9. The summed E-state index contributed by atoms with van der Waals surface area (Å²) in [6.07, 6.45) is 1.34. The van der Waals surface area contributed by atoms with Gasteiger partial charge in [-0.1, -0.05) is 5.21 Å². The largest absolute Gasteiger partial charge is 0.465 e. The topological polar surface area (TPSA) is 74.5 Å². The van der Waals surface area contributed by atoms with Gasteiger partial charge in [0.25, 0.3) is 0 Å². The van der Waals surface area contributed by atoms with Crippen molar-refractivity contribution in [3.05, 3.63) is 10.3 Å². The molecule has 0 spiro atoms. The van der Waals surface area contributed by atoms with E-state index in [2.05, 4.69) is 31.1 Å². The van der Waals surface area contributed by atoms with E-state index in [4.69, 9.17) is 5.11 Å². The van der Waals surface area contributed by atoms with Gasteiger partial charge in [-0.25, -0.2) is 9.48 Å². The average molecular weight is 344 g/mol. The summed E-state index contributed by atoms with van der Waals surface area (Å²) >= 11 is 3.38. The molecule has 1 aliphatic heterocycles. The van der Waals surface area contributed by atoms with Gasteiger partial charge in [-0.3, -0.25) is 4.90 Å². The molecule has 1 aromatic heterocycles. The second-order valence-corrected chi connectivity index (χ2v) is 6.25. The second-order valence-electron chi connectivity index (χ2n) is 5.49. The van der Waals surface area contributed by atoms with Gasteiger partial charge in [-0.2, -0.15) is 0 Å². The molecular weight excluding hydrogens is 326 g/mol. The molecule has 1 saturated heterocycles.